The van der Waals surface area contributed by atoms with Crippen LogP contribution in [-0.4, -0.2) is 51.5 Å². The Morgan fingerprint density at radius 2 is 1.52 bits per heavy atom. The lowest BCUT2D eigenvalue weighted by Crippen LogP contribution is -2.40. The Balaban J connectivity index is 1.56. The van der Waals surface area contributed by atoms with Crippen molar-refractivity contribution in [1.82, 2.24) is 9.62 Å². The number of amides is 1. The zero-order chi connectivity index (χ0) is 23.3. The van der Waals surface area contributed by atoms with E-state index in [9.17, 15) is 17.6 Å². The Morgan fingerprint density at radius 3 is 2.09 bits per heavy atom. The van der Waals surface area contributed by atoms with Gasteiger partial charge in [0.1, 0.15) is 5.82 Å². The molecule has 1 N–H and O–H groups in total. The lowest BCUT2D eigenvalue weighted by Gasteiger charge is -2.26. The van der Waals surface area contributed by atoms with Crippen molar-refractivity contribution in [1.29, 1.82) is 0 Å². The van der Waals surface area contributed by atoms with E-state index >= 15 is 0 Å². The van der Waals surface area contributed by atoms with Crippen molar-refractivity contribution in [3.63, 3.8) is 0 Å². The van der Waals surface area contributed by atoms with Crippen molar-refractivity contribution >= 4 is 15.9 Å². The van der Waals surface area contributed by atoms with Gasteiger partial charge in [-0.25, -0.2) is 12.8 Å². The smallest absolute Gasteiger partial charge is 0.254 e. The first-order chi connectivity index (χ1) is 16.0. The summed E-state index contributed by atoms with van der Waals surface area (Å²) in [5, 5.41) is 2.79. The minimum Gasteiger partial charge on any atom is -0.379 e. The molecule has 1 saturated heterocycles. The highest BCUT2D eigenvalue weighted by molar-refractivity contribution is 7.89. The second kappa shape index (κ2) is 10.2. The standard InChI is InChI=1S/C25H25FN2O4S/c26-24-12-11-21(33(30,31)28-13-15-32-16-14-28)17-22(24)25(29)27-18-23(19-7-3-1-4-8-19)20-9-5-2-6-10-20/h1-12,17,23H,13-16,18H2,(H,27,29). The molecule has 0 bridgehead atoms. The van der Waals surface area contributed by atoms with Crippen molar-refractivity contribution in [3.05, 3.63) is 101 Å². The lowest BCUT2D eigenvalue weighted by atomic mass is 9.91. The van der Waals surface area contributed by atoms with Crippen LogP contribution in [0.2, 0.25) is 0 Å². The van der Waals surface area contributed by atoms with Gasteiger partial charge < -0.3 is 10.1 Å². The monoisotopic (exact) mass is 468 g/mol. The number of nitrogens with one attached hydrogen (secondary N) is 1. The van der Waals surface area contributed by atoms with E-state index in [1.807, 2.05) is 60.7 Å². The highest BCUT2D eigenvalue weighted by Crippen LogP contribution is 2.24. The first kappa shape index (κ1) is 23.1. The van der Waals surface area contributed by atoms with E-state index in [-0.39, 0.29) is 36.0 Å². The van der Waals surface area contributed by atoms with Gasteiger partial charge in [0.25, 0.3) is 5.91 Å². The minimum absolute atomic E-state index is 0.112. The number of carbonyl (C=O) groups excluding carboxylic acids is 1. The summed E-state index contributed by atoms with van der Waals surface area (Å²) >= 11 is 0. The number of rotatable bonds is 7. The van der Waals surface area contributed by atoms with Crippen LogP contribution in [0.25, 0.3) is 0 Å². The van der Waals surface area contributed by atoms with Crippen molar-refractivity contribution in [2.24, 2.45) is 0 Å². The van der Waals surface area contributed by atoms with E-state index in [0.29, 0.717) is 13.2 Å². The van der Waals surface area contributed by atoms with Crippen LogP contribution in [0.15, 0.2) is 83.8 Å². The van der Waals surface area contributed by atoms with Gasteiger partial charge in [-0.15, -0.1) is 0 Å². The molecule has 0 aromatic heterocycles. The summed E-state index contributed by atoms with van der Waals surface area (Å²) < 4.78 is 46.9. The fourth-order valence-electron chi connectivity index (χ4n) is 3.86. The fourth-order valence-corrected chi connectivity index (χ4v) is 5.30. The zero-order valence-corrected chi connectivity index (χ0v) is 18.8. The van der Waals surface area contributed by atoms with E-state index < -0.39 is 21.7 Å². The predicted molar refractivity (Wildman–Crippen MR) is 123 cm³/mol. The summed E-state index contributed by atoms with van der Waals surface area (Å²) in [6.45, 7) is 1.27. The van der Waals surface area contributed by atoms with Crippen molar-refractivity contribution < 1.29 is 22.3 Å². The molecule has 6 nitrogen and oxygen atoms in total. The summed E-state index contributed by atoms with van der Waals surface area (Å²) in [4.78, 5) is 12.8. The van der Waals surface area contributed by atoms with Crippen LogP contribution >= 0.6 is 0 Å². The van der Waals surface area contributed by atoms with Gasteiger partial charge in [0.15, 0.2) is 0 Å². The molecule has 1 aliphatic heterocycles. The number of carbonyl (C=O) groups is 1. The van der Waals surface area contributed by atoms with Crippen LogP contribution in [0.5, 0.6) is 0 Å². The maximum Gasteiger partial charge on any atom is 0.254 e. The first-order valence-corrected chi connectivity index (χ1v) is 12.2. The van der Waals surface area contributed by atoms with Crippen LogP contribution < -0.4 is 5.32 Å². The Kier molecular flexibility index (Phi) is 7.17. The average Bonchev–Trinajstić information content (AvgIpc) is 2.86. The molecule has 0 aliphatic carbocycles. The van der Waals surface area contributed by atoms with Crippen LogP contribution in [0.3, 0.4) is 0 Å². The number of halogens is 1. The van der Waals surface area contributed by atoms with Gasteiger partial charge >= 0.3 is 0 Å². The molecule has 3 aromatic carbocycles. The second-order valence-electron chi connectivity index (χ2n) is 7.74. The molecule has 1 heterocycles. The lowest BCUT2D eigenvalue weighted by molar-refractivity contribution is 0.0730. The number of hydrogen-bond acceptors (Lipinski definition) is 4. The third kappa shape index (κ3) is 5.30. The SMILES string of the molecule is O=C(NCC(c1ccccc1)c1ccccc1)c1cc(S(=O)(=O)N2CCOCC2)ccc1F. The van der Waals surface area contributed by atoms with Gasteiger partial charge in [-0.1, -0.05) is 60.7 Å². The summed E-state index contributed by atoms with van der Waals surface area (Å²) in [6, 6.07) is 22.7. The van der Waals surface area contributed by atoms with E-state index in [4.69, 9.17) is 4.74 Å². The molecule has 33 heavy (non-hydrogen) atoms. The Morgan fingerprint density at radius 1 is 0.939 bits per heavy atom. The molecule has 0 spiro atoms. The Hall–Kier alpha value is -3.07. The summed E-state index contributed by atoms with van der Waals surface area (Å²) in [6.07, 6.45) is 0. The van der Waals surface area contributed by atoms with Crippen molar-refractivity contribution in [2.45, 2.75) is 10.8 Å². The molecule has 0 saturated carbocycles. The van der Waals surface area contributed by atoms with Crippen LogP contribution in [0.1, 0.15) is 27.4 Å². The highest BCUT2D eigenvalue weighted by Gasteiger charge is 2.28. The van der Waals surface area contributed by atoms with E-state index in [2.05, 4.69) is 5.32 Å². The van der Waals surface area contributed by atoms with E-state index in [1.165, 1.54) is 10.4 Å². The van der Waals surface area contributed by atoms with Gasteiger partial charge in [-0.3, -0.25) is 4.79 Å². The number of sulfonamides is 1. The van der Waals surface area contributed by atoms with Crippen molar-refractivity contribution in [3.8, 4) is 0 Å². The third-order valence-corrected chi connectivity index (χ3v) is 7.56. The molecule has 0 atom stereocenters. The van der Waals surface area contributed by atoms with Crippen LogP contribution in [-0.2, 0) is 14.8 Å². The third-order valence-electron chi connectivity index (χ3n) is 5.66. The molecule has 0 radical (unpaired) electrons. The molecule has 8 heteroatoms. The molecule has 1 fully saturated rings. The number of benzene rings is 3. The van der Waals surface area contributed by atoms with Gasteiger partial charge in [0.2, 0.25) is 10.0 Å². The minimum atomic E-state index is -3.85. The van der Waals surface area contributed by atoms with Gasteiger partial charge in [-0.2, -0.15) is 4.31 Å². The van der Waals surface area contributed by atoms with Gasteiger partial charge in [-0.05, 0) is 29.3 Å². The molecule has 3 aromatic rings. The topological polar surface area (TPSA) is 75.7 Å². The van der Waals surface area contributed by atoms with Gasteiger partial charge in [0, 0.05) is 25.6 Å². The first-order valence-electron chi connectivity index (χ1n) is 10.7. The van der Waals surface area contributed by atoms with E-state index in [1.54, 1.807) is 0 Å². The summed E-state index contributed by atoms with van der Waals surface area (Å²) in [5.41, 5.74) is 1.71. The maximum atomic E-state index is 14.5. The fraction of sp³-hybridized carbons (Fsp3) is 0.240. The van der Waals surface area contributed by atoms with Gasteiger partial charge in [0.05, 0.1) is 23.7 Å². The zero-order valence-electron chi connectivity index (χ0n) is 18.0. The molecular weight excluding hydrogens is 443 g/mol. The summed E-state index contributed by atoms with van der Waals surface area (Å²) in [7, 11) is -3.85. The number of morpholine rings is 1. The highest BCUT2D eigenvalue weighted by atomic mass is 32.2. The second-order valence-corrected chi connectivity index (χ2v) is 9.68. The summed E-state index contributed by atoms with van der Waals surface area (Å²) in [5.74, 6) is -1.58. The number of nitrogens with zero attached hydrogens (tertiary/aromatic N) is 1. The molecule has 172 valence electrons. The van der Waals surface area contributed by atoms with Crippen molar-refractivity contribution in [2.75, 3.05) is 32.8 Å². The number of hydrogen-bond donors (Lipinski definition) is 1. The molecule has 4 rings (SSSR count). The quantitative estimate of drug-likeness (QED) is 0.577. The largest absolute Gasteiger partial charge is 0.379 e. The van der Waals surface area contributed by atoms with Crippen LogP contribution in [0, 0.1) is 5.82 Å². The molecule has 1 aliphatic rings. The maximum absolute atomic E-state index is 14.5. The number of ether oxygens (including phenoxy) is 1. The van der Waals surface area contributed by atoms with Crippen LogP contribution in [0.4, 0.5) is 4.39 Å². The Bertz CT molecular complexity index is 1160. The Labute approximate surface area is 193 Å². The normalized spacial score (nSPS) is 14.8. The van der Waals surface area contributed by atoms with E-state index in [0.717, 1.165) is 23.3 Å². The molecule has 1 amide bonds. The predicted octanol–water partition coefficient (Wildman–Crippen LogP) is 3.41. The molecule has 0 unspecified atom stereocenters. The molecular formula is C25H25FN2O4S. The average molecular weight is 469 g/mol.